The van der Waals surface area contributed by atoms with Gasteiger partial charge in [-0.25, -0.2) is 20.0 Å². The molecule has 1 aliphatic rings. The monoisotopic (exact) mass is 596 g/mol. The summed E-state index contributed by atoms with van der Waals surface area (Å²) in [5.74, 6) is -0.775. The van der Waals surface area contributed by atoms with Crippen LogP contribution in [-0.4, -0.2) is 70.9 Å². The fourth-order valence-corrected chi connectivity index (χ4v) is 5.00. The van der Waals surface area contributed by atoms with Gasteiger partial charge in [0.05, 0.1) is 25.9 Å². The molecule has 2 unspecified atom stereocenters. The first-order valence-electron chi connectivity index (χ1n) is 15.1. The summed E-state index contributed by atoms with van der Waals surface area (Å²) in [6.45, 7) is 11.7. The number of carbonyl (C=O) groups excluding carboxylic acids is 3. The number of hydrogen-bond donors (Lipinski definition) is 2. The van der Waals surface area contributed by atoms with Gasteiger partial charge < -0.3 is 19.1 Å². The van der Waals surface area contributed by atoms with Crippen LogP contribution in [0.5, 0.6) is 0 Å². The maximum absolute atomic E-state index is 13.8. The van der Waals surface area contributed by atoms with Crippen molar-refractivity contribution in [1.82, 2.24) is 20.7 Å². The molecule has 3 rings (SSSR count). The number of ether oxygens (including phenoxy) is 3. The van der Waals surface area contributed by atoms with Crippen LogP contribution in [0.15, 0.2) is 60.7 Å². The van der Waals surface area contributed by atoms with Gasteiger partial charge in [0.2, 0.25) is 5.91 Å². The lowest BCUT2D eigenvalue weighted by Crippen LogP contribution is -2.59. The minimum absolute atomic E-state index is 0.0538. The van der Waals surface area contributed by atoms with Crippen molar-refractivity contribution in [3.05, 3.63) is 71.8 Å². The average Bonchev–Trinajstić information content (AvgIpc) is 2.96. The normalized spacial score (nSPS) is 20.4. The second kappa shape index (κ2) is 16.4. The first-order chi connectivity index (χ1) is 20.5. The molecule has 2 amide bonds. The number of benzene rings is 2. The van der Waals surface area contributed by atoms with E-state index in [1.54, 1.807) is 4.90 Å². The molecule has 0 aliphatic carbocycles. The summed E-state index contributed by atoms with van der Waals surface area (Å²) in [6, 6.07) is 17.8. The van der Waals surface area contributed by atoms with Crippen LogP contribution in [0, 0.1) is 0 Å². The highest BCUT2D eigenvalue weighted by atomic mass is 16.6. The Hall–Kier alpha value is -3.47. The SMILES string of the molecule is CC1CCCC(C)N([C@H](C(=O)OCc2ccccc2)[C@@H](C)OCc2ccccc2)C(=O)CNCNN1C(=O)OC(C)(C)C. The van der Waals surface area contributed by atoms with E-state index in [0.717, 1.165) is 11.1 Å². The van der Waals surface area contributed by atoms with Crippen molar-refractivity contribution in [3.63, 3.8) is 0 Å². The van der Waals surface area contributed by atoms with E-state index in [0.29, 0.717) is 25.9 Å². The van der Waals surface area contributed by atoms with E-state index in [-0.39, 0.29) is 37.8 Å². The number of nitrogens with zero attached hydrogens (tertiary/aromatic N) is 2. The Balaban J connectivity index is 1.79. The highest BCUT2D eigenvalue weighted by Crippen LogP contribution is 2.22. The maximum Gasteiger partial charge on any atom is 0.425 e. The van der Waals surface area contributed by atoms with Gasteiger partial charge in [-0.15, -0.1) is 0 Å². The van der Waals surface area contributed by atoms with Crippen LogP contribution in [0.2, 0.25) is 0 Å². The summed E-state index contributed by atoms with van der Waals surface area (Å²) in [5, 5.41) is 4.56. The number of hydrazine groups is 1. The van der Waals surface area contributed by atoms with Crippen molar-refractivity contribution in [2.45, 2.75) is 104 Å². The smallest absolute Gasteiger partial charge is 0.425 e. The molecule has 10 heteroatoms. The van der Waals surface area contributed by atoms with Crippen LogP contribution >= 0.6 is 0 Å². The summed E-state index contributed by atoms with van der Waals surface area (Å²) in [6.07, 6.45) is 0.896. The first kappa shape index (κ1) is 34.0. The van der Waals surface area contributed by atoms with Gasteiger partial charge in [0, 0.05) is 12.1 Å². The van der Waals surface area contributed by atoms with Crippen molar-refractivity contribution in [3.8, 4) is 0 Å². The van der Waals surface area contributed by atoms with E-state index >= 15 is 0 Å². The molecule has 0 radical (unpaired) electrons. The third kappa shape index (κ3) is 10.9. The van der Waals surface area contributed by atoms with Crippen molar-refractivity contribution in [2.75, 3.05) is 13.2 Å². The molecule has 0 bridgehead atoms. The fraction of sp³-hybridized carbons (Fsp3) is 0.545. The lowest BCUT2D eigenvalue weighted by atomic mass is 10.0. The minimum Gasteiger partial charge on any atom is -0.459 e. The van der Waals surface area contributed by atoms with Crippen molar-refractivity contribution in [2.24, 2.45) is 0 Å². The predicted octanol–water partition coefficient (Wildman–Crippen LogP) is 4.78. The molecule has 2 aromatic carbocycles. The van der Waals surface area contributed by atoms with Crippen molar-refractivity contribution < 1.29 is 28.6 Å². The van der Waals surface area contributed by atoms with Crippen molar-refractivity contribution >= 4 is 18.0 Å². The number of esters is 1. The van der Waals surface area contributed by atoms with Gasteiger partial charge in [-0.05, 0) is 71.9 Å². The van der Waals surface area contributed by atoms with E-state index in [1.807, 2.05) is 102 Å². The summed E-state index contributed by atoms with van der Waals surface area (Å²) >= 11 is 0. The highest BCUT2D eigenvalue weighted by molar-refractivity contribution is 5.86. The van der Waals surface area contributed by atoms with Gasteiger partial charge >= 0.3 is 12.1 Å². The molecule has 10 nitrogen and oxygen atoms in total. The Bertz CT molecular complexity index is 1160. The minimum atomic E-state index is -0.955. The standard InChI is InChI=1S/C33H48N4O6/c1-24-14-13-15-25(2)37(32(40)43-33(4,5)6)35-23-34-20-29(38)36(24)30(26(3)41-21-27-16-9-7-10-17-27)31(39)42-22-28-18-11-8-12-19-28/h7-12,16-19,24-26,30,34-35H,13-15,20-23H2,1-6H3/t24?,25?,26-,30+/m1/s1. The van der Waals surface area contributed by atoms with Crippen LogP contribution in [0.1, 0.15) is 71.9 Å². The van der Waals surface area contributed by atoms with Gasteiger partial charge in [0.1, 0.15) is 12.2 Å². The Morgan fingerprint density at radius 1 is 0.930 bits per heavy atom. The largest absolute Gasteiger partial charge is 0.459 e. The molecule has 1 aliphatic heterocycles. The zero-order chi connectivity index (χ0) is 31.4. The molecule has 1 saturated heterocycles. The molecule has 0 spiro atoms. The molecule has 1 fully saturated rings. The molecule has 43 heavy (non-hydrogen) atoms. The molecule has 2 N–H and O–H groups in total. The zero-order valence-corrected chi connectivity index (χ0v) is 26.4. The number of rotatable bonds is 8. The number of hydrogen-bond acceptors (Lipinski definition) is 8. The topological polar surface area (TPSA) is 109 Å². The molecular formula is C33H48N4O6. The highest BCUT2D eigenvalue weighted by Gasteiger charge is 2.39. The molecule has 0 saturated carbocycles. The quantitative estimate of drug-likeness (QED) is 0.419. The van der Waals surface area contributed by atoms with Crippen molar-refractivity contribution in [1.29, 1.82) is 0 Å². The van der Waals surface area contributed by atoms with Gasteiger partial charge in [-0.2, -0.15) is 0 Å². The summed E-state index contributed by atoms with van der Waals surface area (Å²) in [4.78, 5) is 42.0. The Kier molecular flexibility index (Phi) is 13.0. The van der Waals surface area contributed by atoms with Crippen LogP contribution in [0.3, 0.4) is 0 Å². The van der Waals surface area contributed by atoms with Gasteiger partial charge in [0.25, 0.3) is 0 Å². The average molecular weight is 597 g/mol. The molecule has 1 heterocycles. The zero-order valence-electron chi connectivity index (χ0n) is 26.4. The van der Waals surface area contributed by atoms with Crippen LogP contribution < -0.4 is 10.7 Å². The summed E-state index contributed by atoms with van der Waals surface area (Å²) < 4.78 is 17.6. The number of amides is 2. The number of carbonyl (C=O) groups is 3. The van der Waals surface area contributed by atoms with E-state index in [9.17, 15) is 14.4 Å². The second-order valence-electron chi connectivity index (χ2n) is 12.1. The summed E-state index contributed by atoms with van der Waals surface area (Å²) in [5.41, 5.74) is 4.26. The van der Waals surface area contributed by atoms with E-state index < -0.39 is 29.8 Å². The van der Waals surface area contributed by atoms with E-state index in [2.05, 4.69) is 10.7 Å². The van der Waals surface area contributed by atoms with Gasteiger partial charge in [-0.3, -0.25) is 10.1 Å². The lowest BCUT2D eigenvalue weighted by molar-refractivity contribution is -0.165. The van der Waals surface area contributed by atoms with E-state index in [4.69, 9.17) is 14.2 Å². The Labute approximate surface area is 256 Å². The maximum atomic E-state index is 13.8. The molecule has 0 aromatic heterocycles. The molecule has 236 valence electrons. The second-order valence-corrected chi connectivity index (χ2v) is 12.1. The van der Waals surface area contributed by atoms with E-state index in [1.165, 1.54) is 5.01 Å². The third-order valence-corrected chi connectivity index (χ3v) is 7.25. The molecule has 4 atom stereocenters. The Morgan fingerprint density at radius 3 is 2.12 bits per heavy atom. The summed E-state index contributed by atoms with van der Waals surface area (Å²) in [7, 11) is 0. The predicted molar refractivity (Wildman–Crippen MR) is 164 cm³/mol. The molecular weight excluding hydrogens is 548 g/mol. The molecule has 2 aromatic rings. The van der Waals surface area contributed by atoms with Crippen LogP contribution in [-0.2, 0) is 37.0 Å². The fourth-order valence-electron chi connectivity index (χ4n) is 5.00. The first-order valence-corrected chi connectivity index (χ1v) is 15.1. The van der Waals surface area contributed by atoms with Gasteiger partial charge in [-0.1, -0.05) is 60.7 Å². The number of nitrogens with one attached hydrogen (secondary N) is 2. The lowest BCUT2D eigenvalue weighted by Gasteiger charge is -2.39. The third-order valence-electron chi connectivity index (χ3n) is 7.25. The van der Waals surface area contributed by atoms with Crippen LogP contribution in [0.4, 0.5) is 4.79 Å². The van der Waals surface area contributed by atoms with Crippen LogP contribution in [0.25, 0.3) is 0 Å². The Morgan fingerprint density at radius 2 is 1.51 bits per heavy atom. The van der Waals surface area contributed by atoms with Gasteiger partial charge in [0.15, 0.2) is 6.04 Å².